The molecule has 1 fully saturated rings. The maximum absolute atomic E-state index is 13.6. The highest BCUT2D eigenvalue weighted by Crippen LogP contribution is 2.34. The number of piperazine rings is 1. The summed E-state index contributed by atoms with van der Waals surface area (Å²) in [5.41, 5.74) is 1.73. The molecule has 0 spiro atoms. The lowest BCUT2D eigenvalue weighted by molar-refractivity contribution is 0.183. The molecular weight excluding hydrogens is 440 g/mol. The summed E-state index contributed by atoms with van der Waals surface area (Å²) in [6, 6.07) is 14.7. The van der Waals surface area contributed by atoms with Crippen LogP contribution in [0.25, 0.3) is 0 Å². The zero-order chi connectivity index (χ0) is 23.4. The predicted octanol–water partition coefficient (Wildman–Crippen LogP) is 3.47. The number of methoxy groups -OCH3 is 1. The van der Waals surface area contributed by atoms with Crippen molar-refractivity contribution in [3.8, 4) is 5.75 Å². The molecule has 174 valence electrons. The molecule has 3 heterocycles. The first-order chi connectivity index (χ1) is 16.0. The number of nitrogens with zero attached hydrogens (tertiary/aromatic N) is 4. The van der Waals surface area contributed by atoms with Gasteiger partial charge in [-0.15, -0.1) is 0 Å². The van der Waals surface area contributed by atoms with Crippen LogP contribution in [0.1, 0.15) is 22.9 Å². The van der Waals surface area contributed by atoms with Crippen LogP contribution < -0.4 is 10.5 Å². The molecule has 2 aromatic heterocycles. The van der Waals surface area contributed by atoms with Gasteiger partial charge in [0.15, 0.2) is 0 Å². The van der Waals surface area contributed by atoms with Gasteiger partial charge in [-0.2, -0.15) is 0 Å². The van der Waals surface area contributed by atoms with Gasteiger partial charge in [0.25, 0.3) is 5.56 Å². The zero-order valence-corrected chi connectivity index (χ0v) is 19.7. The Hall–Kier alpha value is -2.87. The molecule has 33 heavy (non-hydrogen) atoms. The van der Waals surface area contributed by atoms with Crippen molar-refractivity contribution in [1.29, 1.82) is 0 Å². The Morgan fingerprint density at radius 2 is 1.91 bits per heavy atom. The molecule has 1 aliphatic rings. The second-order valence-corrected chi connectivity index (χ2v) is 8.64. The van der Waals surface area contributed by atoms with Crippen LogP contribution in [0.5, 0.6) is 5.75 Å². The van der Waals surface area contributed by atoms with Gasteiger partial charge in [-0.1, -0.05) is 29.8 Å². The number of rotatable bonds is 7. The molecule has 1 atom stereocenters. The molecule has 8 heteroatoms. The number of aryl methyl sites for hydroxylation is 1. The van der Waals surface area contributed by atoms with Crippen LogP contribution in [-0.4, -0.2) is 59.5 Å². The predicted molar refractivity (Wildman–Crippen MR) is 130 cm³/mol. The molecule has 0 unspecified atom stereocenters. The molecule has 1 N–H and O–H groups in total. The third-order valence-electron chi connectivity index (χ3n) is 6.13. The van der Waals surface area contributed by atoms with E-state index < -0.39 is 6.04 Å². The lowest BCUT2D eigenvalue weighted by Gasteiger charge is -2.40. The van der Waals surface area contributed by atoms with E-state index in [0.29, 0.717) is 42.5 Å². The molecule has 3 aromatic rings. The van der Waals surface area contributed by atoms with Crippen molar-refractivity contribution in [2.45, 2.75) is 19.5 Å². The Bertz CT molecular complexity index is 1140. The largest absolute Gasteiger partial charge is 0.507 e. The molecule has 0 amide bonds. The minimum Gasteiger partial charge on any atom is -0.507 e. The minimum atomic E-state index is -0.420. The quantitative estimate of drug-likeness (QED) is 0.572. The van der Waals surface area contributed by atoms with Gasteiger partial charge in [-0.25, -0.2) is 4.98 Å². The molecule has 1 aliphatic heterocycles. The number of aromatic hydroxyl groups is 1. The van der Waals surface area contributed by atoms with E-state index in [1.165, 1.54) is 0 Å². The fourth-order valence-corrected chi connectivity index (χ4v) is 4.67. The zero-order valence-electron chi connectivity index (χ0n) is 18.9. The fourth-order valence-electron chi connectivity index (χ4n) is 4.47. The molecule has 0 aliphatic carbocycles. The number of pyridine rings is 2. The van der Waals surface area contributed by atoms with Crippen molar-refractivity contribution in [2.75, 3.05) is 44.8 Å². The SMILES string of the molecule is COCCn1c(C)cc(O)c([C@@H](c2cccc(Cl)c2)N2CCN(c3ccccn3)CC2)c1=O. The normalized spacial score (nSPS) is 15.5. The summed E-state index contributed by atoms with van der Waals surface area (Å²) in [7, 11) is 1.61. The van der Waals surface area contributed by atoms with Crippen LogP contribution in [-0.2, 0) is 11.3 Å². The first kappa shape index (κ1) is 23.3. The summed E-state index contributed by atoms with van der Waals surface area (Å²) in [6.07, 6.45) is 1.79. The molecule has 1 saturated heterocycles. The number of ether oxygens (including phenoxy) is 1. The van der Waals surface area contributed by atoms with Crippen LogP contribution in [0, 0.1) is 6.92 Å². The van der Waals surface area contributed by atoms with Crippen molar-refractivity contribution in [3.05, 3.63) is 86.9 Å². The second kappa shape index (κ2) is 10.4. The number of hydrogen-bond acceptors (Lipinski definition) is 6. The van der Waals surface area contributed by atoms with Crippen LogP contribution in [0.15, 0.2) is 59.5 Å². The summed E-state index contributed by atoms with van der Waals surface area (Å²) < 4.78 is 6.86. The van der Waals surface area contributed by atoms with Crippen LogP contribution >= 0.6 is 11.6 Å². The fraction of sp³-hybridized carbons (Fsp3) is 0.360. The molecule has 0 bridgehead atoms. The van der Waals surface area contributed by atoms with Gasteiger partial charge in [-0.3, -0.25) is 9.69 Å². The van der Waals surface area contributed by atoms with Crippen molar-refractivity contribution >= 4 is 17.4 Å². The lowest BCUT2D eigenvalue weighted by atomic mass is 9.96. The minimum absolute atomic E-state index is 0.00305. The van der Waals surface area contributed by atoms with E-state index in [2.05, 4.69) is 14.8 Å². The maximum Gasteiger partial charge on any atom is 0.259 e. The Morgan fingerprint density at radius 3 is 2.58 bits per heavy atom. The average Bonchev–Trinajstić information content (AvgIpc) is 2.82. The summed E-state index contributed by atoms with van der Waals surface area (Å²) in [4.78, 5) is 22.5. The highest BCUT2D eigenvalue weighted by molar-refractivity contribution is 6.30. The number of aromatic nitrogens is 2. The highest BCUT2D eigenvalue weighted by atomic mass is 35.5. The van der Waals surface area contributed by atoms with E-state index in [0.717, 1.165) is 24.5 Å². The Labute approximate surface area is 198 Å². The van der Waals surface area contributed by atoms with Crippen molar-refractivity contribution in [3.63, 3.8) is 0 Å². The molecule has 1 aromatic carbocycles. The van der Waals surface area contributed by atoms with E-state index in [-0.39, 0.29) is 11.3 Å². The average molecular weight is 469 g/mol. The van der Waals surface area contributed by atoms with Gasteiger partial charge in [-0.05, 0) is 42.8 Å². The van der Waals surface area contributed by atoms with Crippen molar-refractivity contribution < 1.29 is 9.84 Å². The first-order valence-corrected chi connectivity index (χ1v) is 11.4. The number of benzene rings is 1. The Balaban J connectivity index is 1.73. The third-order valence-corrected chi connectivity index (χ3v) is 6.37. The van der Waals surface area contributed by atoms with Crippen LogP contribution in [0.3, 0.4) is 0 Å². The number of halogens is 1. The number of anilines is 1. The van der Waals surface area contributed by atoms with Crippen LogP contribution in [0.2, 0.25) is 5.02 Å². The lowest BCUT2D eigenvalue weighted by Crippen LogP contribution is -2.49. The van der Waals surface area contributed by atoms with Gasteiger partial charge in [0.2, 0.25) is 0 Å². The third kappa shape index (κ3) is 5.05. The molecule has 0 saturated carbocycles. The van der Waals surface area contributed by atoms with E-state index in [9.17, 15) is 9.90 Å². The van der Waals surface area contributed by atoms with Gasteiger partial charge in [0.05, 0.1) is 18.2 Å². The van der Waals surface area contributed by atoms with E-state index in [1.807, 2.05) is 49.4 Å². The monoisotopic (exact) mass is 468 g/mol. The van der Waals surface area contributed by atoms with E-state index in [1.54, 1.807) is 23.9 Å². The van der Waals surface area contributed by atoms with Crippen molar-refractivity contribution in [1.82, 2.24) is 14.5 Å². The highest BCUT2D eigenvalue weighted by Gasteiger charge is 2.31. The van der Waals surface area contributed by atoms with Gasteiger partial charge >= 0.3 is 0 Å². The van der Waals surface area contributed by atoms with Crippen molar-refractivity contribution in [2.24, 2.45) is 0 Å². The summed E-state index contributed by atoms with van der Waals surface area (Å²) in [6.45, 7) is 5.59. The van der Waals surface area contributed by atoms with E-state index in [4.69, 9.17) is 16.3 Å². The van der Waals surface area contributed by atoms with Gasteiger partial charge in [0, 0.05) is 56.7 Å². The van der Waals surface area contributed by atoms with Crippen LogP contribution in [0.4, 0.5) is 5.82 Å². The molecule has 4 rings (SSSR count). The van der Waals surface area contributed by atoms with Gasteiger partial charge in [0.1, 0.15) is 11.6 Å². The Morgan fingerprint density at radius 1 is 1.12 bits per heavy atom. The summed E-state index contributed by atoms with van der Waals surface area (Å²) in [5.74, 6) is 0.944. The van der Waals surface area contributed by atoms with Gasteiger partial charge < -0.3 is 19.3 Å². The number of hydrogen-bond donors (Lipinski definition) is 1. The standard InChI is InChI=1S/C25H29ClN4O3/c1-18-16-21(31)23(25(32)30(18)14-15-33-2)24(19-6-5-7-20(26)17-19)29-12-10-28(11-13-29)22-8-3-4-9-27-22/h3-9,16-17,24,31H,10-15H2,1-2H3/t24-/m1/s1. The second-order valence-electron chi connectivity index (χ2n) is 8.20. The Kier molecular flexibility index (Phi) is 7.33. The van der Waals surface area contributed by atoms with E-state index >= 15 is 0 Å². The smallest absolute Gasteiger partial charge is 0.259 e. The first-order valence-electron chi connectivity index (χ1n) is 11.1. The summed E-state index contributed by atoms with van der Waals surface area (Å²) in [5, 5.41) is 11.6. The maximum atomic E-state index is 13.6. The molecule has 0 radical (unpaired) electrons. The summed E-state index contributed by atoms with van der Waals surface area (Å²) >= 11 is 6.33. The topological polar surface area (TPSA) is 70.8 Å². The molecule has 7 nitrogen and oxygen atoms in total. The molecular formula is C25H29ClN4O3.